The first-order valence-corrected chi connectivity index (χ1v) is 14.4. The zero-order chi connectivity index (χ0) is 38.8. The number of hydrogen-bond donors (Lipinski definition) is 0. The van der Waals surface area contributed by atoms with Crippen molar-refractivity contribution in [3.05, 3.63) is 72.4 Å². The molecule has 282 valence electrons. The molecule has 0 aliphatic heterocycles. The minimum atomic E-state index is -4.85. The van der Waals surface area contributed by atoms with Crippen LogP contribution in [0, 0.1) is 0 Å². The molecule has 11 nitrogen and oxygen atoms in total. The monoisotopic (exact) mass is 768 g/mol. The van der Waals surface area contributed by atoms with Crippen LogP contribution in [0.4, 0.5) is 52.7 Å². The van der Waals surface area contributed by atoms with E-state index in [0.29, 0.717) is 26.9 Å². The van der Waals surface area contributed by atoms with E-state index in [0.717, 1.165) is 22.9 Å². The zero-order valence-corrected chi connectivity index (χ0v) is 26.3. The molecular formula is C30H20F12N8O3. The molecule has 3 aromatic heterocycles. The molecule has 0 N–H and O–H groups in total. The second kappa shape index (κ2) is 14.7. The molecule has 0 saturated carbocycles. The van der Waals surface area contributed by atoms with Crippen LogP contribution >= 0.6 is 0 Å². The van der Waals surface area contributed by atoms with Crippen molar-refractivity contribution in [1.82, 2.24) is 40.0 Å². The van der Waals surface area contributed by atoms with Gasteiger partial charge in [-0.2, -0.15) is 26.3 Å². The lowest BCUT2D eigenvalue weighted by molar-refractivity contribution is -0.275. The largest absolute Gasteiger partial charge is 0.573 e. The number of rotatable bonds is 8. The molecule has 0 aliphatic rings. The molecule has 0 aliphatic carbocycles. The van der Waals surface area contributed by atoms with Crippen LogP contribution in [0.2, 0.25) is 0 Å². The van der Waals surface area contributed by atoms with Gasteiger partial charge in [0.15, 0.2) is 5.65 Å². The highest BCUT2D eigenvalue weighted by Crippen LogP contribution is 2.33. The summed E-state index contributed by atoms with van der Waals surface area (Å²) in [6.45, 7) is -2.72. The number of alkyl halides is 12. The van der Waals surface area contributed by atoms with Gasteiger partial charge in [0.1, 0.15) is 30.1 Å². The molecule has 6 aromatic rings. The second-order valence-corrected chi connectivity index (χ2v) is 10.7. The molecular weight excluding hydrogens is 748 g/mol. The topological polar surface area (TPSA) is 115 Å². The summed E-state index contributed by atoms with van der Waals surface area (Å²) in [7, 11) is 1.37. The molecule has 0 spiro atoms. The van der Waals surface area contributed by atoms with Crippen LogP contribution in [0.1, 0.15) is 5.56 Å². The van der Waals surface area contributed by atoms with Crippen molar-refractivity contribution >= 4 is 22.3 Å². The summed E-state index contributed by atoms with van der Waals surface area (Å²) in [6, 6.07) is 12.9. The Balaban J connectivity index is 0.000000206. The van der Waals surface area contributed by atoms with Crippen LogP contribution in [-0.4, -0.2) is 72.1 Å². The number of aromatic nitrogens is 8. The smallest absolute Gasteiger partial charge is 0.406 e. The quantitative estimate of drug-likeness (QED) is 0.142. The lowest BCUT2D eigenvalue weighted by atomic mass is 9.99. The van der Waals surface area contributed by atoms with E-state index in [1.165, 1.54) is 49.7 Å². The third-order valence-electron chi connectivity index (χ3n) is 6.70. The molecule has 0 saturated heterocycles. The van der Waals surface area contributed by atoms with Gasteiger partial charge in [-0.3, -0.25) is 0 Å². The average molecular weight is 769 g/mol. The van der Waals surface area contributed by atoms with Crippen molar-refractivity contribution < 1.29 is 66.9 Å². The first kappa shape index (κ1) is 38.5. The van der Waals surface area contributed by atoms with E-state index in [9.17, 15) is 52.7 Å². The van der Waals surface area contributed by atoms with E-state index in [1.54, 1.807) is 6.07 Å². The Morgan fingerprint density at radius 2 is 1.23 bits per heavy atom. The van der Waals surface area contributed by atoms with Crippen molar-refractivity contribution in [1.29, 1.82) is 0 Å². The molecule has 0 amide bonds. The summed E-state index contributed by atoms with van der Waals surface area (Å²) in [4.78, 5) is 7.86. The molecule has 0 bridgehead atoms. The summed E-state index contributed by atoms with van der Waals surface area (Å²) in [6.07, 6.45) is -17.4. The Morgan fingerprint density at radius 3 is 1.85 bits per heavy atom. The van der Waals surface area contributed by atoms with Crippen LogP contribution < -0.4 is 9.47 Å². The second-order valence-electron chi connectivity index (χ2n) is 10.7. The van der Waals surface area contributed by atoms with E-state index in [-0.39, 0.29) is 34.6 Å². The maximum atomic E-state index is 12.7. The number of nitrogens with zero attached hydrogens (tertiary/aromatic N) is 8. The van der Waals surface area contributed by atoms with Crippen molar-refractivity contribution in [2.24, 2.45) is 0 Å². The van der Waals surface area contributed by atoms with Crippen LogP contribution in [0.15, 0.2) is 66.9 Å². The fourth-order valence-corrected chi connectivity index (χ4v) is 4.74. The standard InChI is InChI=1S/C17H13F6N3O2.C13H7F6N5O/c1-27-8-11-6-12(28-17(21,22)23)3-4-13(11)10-2-5-14-15(7-10)26(25-24-14)9-16(18,19)20;14-12(15,16)6-24-11-10(22-23-24)20-5-9(21-11)7-1-3-8(4-2-7)25-13(17,18)19/h2-7H,8-9H2,1H3;1-5H,6H2. The average Bonchev–Trinajstić information content (AvgIpc) is 3.61. The summed E-state index contributed by atoms with van der Waals surface area (Å²) in [5.74, 6) is -0.859. The van der Waals surface area contributed by atoms with Gasteiger partial charge in [-0.15, -0.1) is 36.5 Å². The number of methoxy groups -OCH3 is 1. The molecule has 6 rings (SSSR count). The SMILES string of the molecule is COCc1cc(OC(F)(F)F)ccc1-c1ccc2nnn(CC(F)(F)F)c2c1.FC(F)(F)Cn1nnc2ncc(-c3ccc(OC(F)(F)F)cc3)nc21. The molecule has 0 unspecified atom stereocenters. The fourth-order valence-electron chi connectivity index (χ4n) is 4.74. The molecule has 3 heterocycles. The molecule has 0 atom stereocenters. The first-order chi connectivity index (χ1) is 24.7. The van der Waals surface area contributed by atoms with Crippen LogP contribution in [0.25, 0.3) is 44.7 Å². The van der Waals surface area contributed by atoms with Gasteiger partial charge in [-0.05, 0) is 65.2 Å². The predicted molar refractivity (Wildman–Crippen MR) is 158 cm³/mol. The van der Waals surface area contributed by atoms with Gasteiger partial charge >= 0.3 is 25.1 Å². The lowest BCUT2D eigenvalue weighted by Crippen LogP contribution is -2.19. The molecule has 53 heavy (non-hydrogen) atoms. The third-order valence-corrected chi connectivity index (χ3v) is 6.70. The maximum Gasteiger partial charge on any atom is 0.573 e. The molecule has 3 aromatic carbocycles. The van der Waals surface area contributed by atoms with E-state index in [1.807, 2.05) is 0 Å². The van der Waals surface area contributed by atoms with Crippen LogP contribution in [0.3, 0.4) is 0 Å². The van der Waals surface area contributed by atoms with E-state index >= 15 is 0 Å². The Hall–Kier alpha value is -5.74. The van der Waals surface area contributed by atoms with Gasteiger partial charge in [-0.25, -0.2) is 19.3 Å². The van der Waals surface area contributed by atoms with E-state index < -0.39 is 49.7 Å². The Labute approximate surface area is 287 Å². The van der Waals surface area contributed by atoms with Crippen molar-refractivity contribution in [3.63, 3.8) is 0 Å². The minimum absolute atomic E-state index is 0.0253. The van der Waals surface area contributed by atoms with Crippen molar-refractivity contribution in [3.8, 4) is 33.9 Å². The molecule has 0 fully saturated rings. The van der Waals surface area contributed by atoms with Gasteiger partial charge < -0.3 is 14.2 Å². The molecule has 0 radical (unpaired) electrons. The normalized spacial score (nSPS) is 12.5. The fraction of sp³-hybridized carbons (Fsp3) is 0.267. The Morgan fingerprint density at radius 1 is 0.642 bits per heavy atom. The number of hydrogen-bond acceptors (Lipinski definition) is 9. The predicted octanol–water partition coefficient (Wildman–Crippen LogP) is 8.05. The maximum absolute atomic E-state index is 12.7. The Bertz CT molecular complexity index is 2180. The lowest BCUT2D eigenvalue weighted by Gasteiger charge is -2.14. The summed E-state index contributed by atoms with van der Waals surface area (Å²) in [5, 5.41) is 14.0. The Kier molecular flexibility index (Phi) is 10.7. The number of ether oxygens (including phenoxy) is 3. The summed E-state index contributed by atoms with van der Waals surface area (Å²) >= 11 is 0. The van der Waals surface area contributed by atoms with Crippen molar-refractivity contribution in [2.75, 3.05) is 7.11 Å². The van der Waals surface area contributed by atoms with E-state index in [4.69, 9.17) is 4.74 Å². The summed E-state index contributed by atoms with van der Waals surface area (Å²) in [5.41, 5.74) is 1.96. The van der Waals surface area contributed by atoms with Crippen molar-refractivity contribution in [2.45, 2.75) is 44.8 Å². The zero-order valence-electron chi connectivity index (χ0n) is 26.3. The minimum Gasteiger partial charge on any atom is -0.406 e. The first-order valence-electron chi connectivity index (χ1n) is 14.4. The number of halogens is 12. The molecule has 23 heteroatoms. The van der Waals surface area contributed by atoms with Gasteiger partial charge in [-0.1, -0.05) is 22.6 Å². The van der Waals surface area contributed by atoms with Crippen LogP contribution in [-0.2, 0) is 24.4 Å². The summed E-state index contributed by atoms with van der Waals surface area (Å²) < 4.78 is 163. The van der Waals surface area contributed by atoms with Gasteiger partial charge in [0, 0.05) is 12.7 Å². The highest BCUT2D eigenvalue weighted by atomic mass is 19.4. The van der Waals surface area contributed by atoms with E-state index in [2.05, 4.69) is 40.1 Å². The van der Waals surface area contributed by atoms with Gasteiger partial charge in [0.25, 0.3) is 0 Å². The van der Waals surface area contributed by atoms with Gasteiger partial charge in [0.05, 0.1) is 24.0 Å². The highest BCUT2D eigenvalue weighted by Gasteiger charge is 2.33. The number of fused-ring (bicyclic) bond motifs is 2. The highest BCUT2D eigenvalue weighted by molar-refractivity contribution is 5.82. The third kappa shape index (κ3) is 10.6. The van der Waals surface area contributed by atoms with Crippen LogP contribution in [0.5, 0.6) is 11.5 Å². The van der Waals surface area contributed by atoms with Gasteiger partial charge in [0.2, 0.25) is 5.65 Å². The number of benzene rings is 3.